The average Bonchev–Trinajstić information content (AvgIpc) is 3.07. The molecule has 4 rings (SSSR count). The molecule has 6 heteroatoms. The van der Waals surface area contributed by atoms with Crippen molar-refractivity contribution in [3.8, 4) is 0 Å². The molecule has 2 aromatic rings. The zero-order chi connectivity index (χ0) is 19.0. The van der Waals surface area contributed by atoms with Gasteiger partial charge in [-0.25, -0.2) is 4.79 Å². The van der Waals surface area contributed by atoms with Crippen LogP contribution >= 0.6 is 0 Å². The Labute approximate surface area is 158 Å². The summed E-state index contributed by atoms with van der Waals surface area (Å²) in [7, 11) is 0. The van der Waals surface area contributed by atoms with Gasteiger partial charge in [0.05, 0.1) is 12.2 Å². The van der Waals surface area contributed by atoms with Crippen molar-refractivity contribution in [2.75, 3.05) is 26.2 Å². The van der Waals surface area contributed by atoms with Crippen molar-refractivity contribution in [2.45, 2.75) is 44.9 Å². The summed E-state index contributed by atoms with van der Waals surface area (Å²) in [5.74, 6) is -0.216. The number of likely N-dealkylation sites (tertiary alicyclic amines) is 1. The minimum absolute atomic E-state index is 0.126. The van der Waals surface area contributed by atoms with Gasteiger partial charge in [-0.2, -0.15) is 0 Å². The first-order chi connectivity index (χ1) is 13.0. The van der Waals surface area contributed by atoms with Crippen LogP contribution in [0.25, 0.3) is 11.0 Å². The first kappa shape index (κ1) is 18.2. The summed E-state index contributed by atoms with van der Waals surface area (Å²) in [5, 5.41) is 0.770. The van der Waals surface area contributed by atoms with E-state index >= 15 is 0 Å². The Morgan fingerprint density at radius 2 is 1.93 bits per heavy atom. The first-order valence-corrected chi connectivity index (χ1v) is 9.73. The maximum atomic E-state index is 13.1. The molecule has 3 heterocycles. The van der Waals surface area contributed by atoms with E-state index in [-0.39, 0.29) is 29.7 Å². The Morgan fingerprint density at radius 1 is 1.19 bits per heavy atom. The third kappa shape index (κ3) is 3.77. The molecule has 3 atom stereocenters. The van der Waals surface area contributed by atoms with Crippen LogP contribution in [0.1, 0.15) is 37.0 Å². The number of hydrogen-bond acceptors (Lipinski definition) is 5. The third-order valence-corrected chi connectivity index (χ3v) is 5.47. The van der Waals surface area contributed by atoms with Gasteiger partial charge in [0, 0.05) is 37.6 Å². The zero-order valence-electron chi connectivity index (χ0n) is 15.9. The summed E-state index contributed by atoms with van der Waals surface area (Å²) in [6.07, 6.45) is 2.33. The Hall–Kier alpha value is -2.18. The molecule has 6 nitrogen and oxygen atoms in total. The maximum absolute atomic E-state index is 13.1. The highest BCUT2D eigenvalue weighted by atomic mass is 16.5. The quantitative estimate of drug-likeness (QED) is 0.777. The number of carbonyl (C=O) groups excluding carboxylic acids is 1. The van der Waals surface area contributed by atoms with E-state index < -0.39 is 5.63 Å². The molecule has 27 heavy (non-hydrogen) atoms. The minimum atomic E-state index is -0.557. The Bertz CT molecular complexity index is 883. The van der Waals surface area contributed by atoms with Gasteiger partial charge < -0.3 is 14.1 Å². The summed E-state index contributed by atoms with van der Waals surface area (Å²) >= 11 is 0. The second-order valence-electron chi connectivity index (χ2n) is 7.76. The number of amides is 1. The lowest BCUT2D eigenvalue weighted by atomic mass is 10.1. The number of hydrogen-bond donors (Lipinski definition) is 0. The summed E-state index contributed by atoms with van der Waals surface area (Å²) in [6.45, 7) is 7.43. The highest BCUT2D eigenvalue weighted by Crippen LogP contribution is 2.23. The predicted molar refractivity (Wildman–Crippen MR) is 103 cm³/mol. The van der Waals surface area contributed by atoms with Crippen LogP contribution in [0.5, 0.6) is 0 Å². The third-order valence-electron chi connectivity index (χ3n) is 5.47. The van der Waals surface area contributed by atoms with Crippen molar-refractivity contribution in [1.82, 2.24) is 9.80 Å². The fraction of sp³-hybridized carbons (Fsp3) is 0.524. The van der Waals surface area contributed by atoms with Gasteiger partial charge in [-0.05, 0) is 38.8 Å². The lowest BCUT2D eigenvalue weighted by Gasteiger charge is -2.38. The largest absolute Gasteiger partial charge is 0.422 e. The number of fused-ring (bicyclic) bond motifs is 1. The van der Waals surface area contributed by atoms with Gasteiger partial charge in [0.15, 0.2) is 0 Å². The highest BCUT2D eigenvalue weighted by Gasteiger charge is 2.34. The molecule has 1 aromatic carbocycles. The number of para-hydroxylation sites is 1. The molecule has 0 aliphatic carbocycles. The second kappa shape index (κ2) is 7.44. The van der Waals surface area contributed by atoms with Gasteiger partial charge in [-0.15, -0.1) is 0 Å². The summed E-state index contributed by atoms with van der Waals surface area (Å²) in [6, 6.07) is 9.07. The van der Waals surface area contributed by atoms with Crippen LogP contribution in [-0.4, -0.2) is 60.1 Å². The Balaban J connectivity index is 1.54. The molecule has 0 bridgehead atoms. The number of benzene rings is 1. The van der Waals surface area contributed by atoms with Crippen molar-refractivity contribution in [2.24, 2.45) is 0 Å². The van der Waals surface area contributed by atoms with Crippen molar-refractivity contribution >= 4 is 16.9 Å². The molecule has 2 fully saturated rings. The van der Waals surface area contributed by atoms with E-state index in [2.05, 4.69) is 18.7 Å². The SMILES string of the molecule is C[C@@H]1CN(C[C@H]2CCCN2C(=O)c2cc3ccccc3oc2=O)C[C@H](C)O1. The summed E-state index contributed by atoms with van der Waals surface area (Å²) < 4.78 is 11.2. The highest BCUT2D eigenvalue weighted by molar-refractivity contribution is 5.97. The number of ether oxygens (including phenoxy) is 1. The van der Waals surface area contributed by atoms with Crippen LogP contribution in [0.15, 0.2) is 39.5 Å². The average molecular weight is 370 g/mol. The predicted octanol–water partition coefficient (Wildman–Crippen LogP) is 2.51. The first-order valence-electron chi connectivity index (χ1n) is 9.73. The molecule has 0 radical (unpaired) electrons. The van der Waals surface area contributed by atoms with Gasteiger partial charge in [-0.1, -0.05) is 18.2 Å². The molecule has 0 N–H and O–H groups in total. The van der Waals surface area contributed by atoms with Gasteiger partial charge in [0.2, 0.25) is 0 Å². The molecule has 2 aliphatic heterocycles. The van der Waals surface area contributed by atoms with E-state index in [0.29, 0.717) is 12.1 Å². The lowest BCUT2D eigenvalue weighted by molar-refractivity contribution is -0.0715. The Kier molecular flexibility index (Phi) is 5.02. The van der Waals surface area contributed by atoms with E-state index in [9.17, 15) is 9.59 Å². The van der Waals surface area contributed by atoms with Gasteiger partial charge in [0.25, 0.3) is 5.91 Å². The summed E-state index contributed by atoms with van der Waals surface area (Å²) in [5.41, 5.74) is 0.0793. The van der Waals surface area contributed by atoms with Crippen molar-refractivity contribution in [3.63, 3.8) is 0 Å². The maximum Gasteiger partial charge on any atom is 0.349 e. The van der Waals surface area contributed by atoms with Crippen LogP contribution in [0, 0.1) is 0 Å². The molecule has 0 spiro atoms. The molecule has 2 saturated heterocycles. The second-order valence-corrected chi connectivity index (χ2v) is 7.76. The number of morpholine rings is 1. The molecule has 144 valence electrons. The molecule has 1 aromatic heterocycles. The van der Waals surface area contributed by atoms with E-state index in [1.54, 1.807) is 12.1 Å². The fourth-order valence-corrected chi connectivity index (χ4v) is 4.39. The van der Waals surface area contributed by atoms with Crippen LogP contribution in [0.2, 0.25) is 0 Å². The molecular formula is C21H26N2O4. The van der Waals surface area contributed by atoms with Gasteiger partial charge in [0.1, 0.15) is 11.1 Å². The van der Waals surface area contributed by atoms with Crippen LogP contribution in [0.4, 0.5) is 0 Å². The van der Waals surface area contributed by atoms with Crippen molar-refractivity contribution in [3.05, 3.63) is 46.3 Å². The smallest absolute Gasteiger partial charge is 0.349 e. The molecule has 1 amide bonds. The molecule has 2 aliphatic rings. The molecule has 0 saturated carbocycles. The molecule has 0 unspecified atom stereocenters. The number of nitrogens with zero attached hydrogens (tertiary/aromatic N) is 2. The fourth-order valence-electron chi connectivity index (χ4n) is 4.39. The van der Waals surface area contributed by atoms with Crippen molar-refractivity contribution < 1.29 is 13.9 Å². The van der Waals surface area contributed by atoms with E-state index in [1.807, 2.05) is 23.1 Å². The minimum Gasteiger partial charge on any atom is -0.422 e. The van der Waals surface area contributed by atoms with Gasteiger partial charge >= 0.3 is 5.63 Å². The standard InChI is InChI=1S/C21H26N2O4/c1-14-11-22(12-15(2)26-14)13-17-7-5-9-23(17)20(24)18-10-16-6-3-4-8-19(16)27-21(18)25/h3-4,6,8,10,14-15,17H,5,7,9,11-13H2,1-2H3/t14-,15+,17-/m1/s1. The van der Waals surface area contributed by atoms with Crippen LogP contribution in [0.3, 0.4) is 0 Å². The summed E-state index contributed by atoms with van der Waals surface area (Å²) in [4.78, 5) is 29.7. The Morgan fingerprint density at radius 3 is 2.70 bits per heavy atom. The number of carbonyl (C=O) groups is 1. The lowest BCUT2D eigenvalue weighted by Crippen LogP contribution is -2.51. The van der Waals surface area contributed by atoms with Crippen LogP contribution in [-0.2, 0) is 4.74 Å². The van der Waals surface area contributed by atoms with E-state index in [4.69, 9.17) is 9.15 Å². The van der Waals surface area contributed by atoms with E-state index in [0.717, 1.165) is 37.9 Å². The van der Waals surface area contributed by atoms with E-state index in [1.165, 1.54) is 0 Å². The van der Waals surface area contributed by atoms with Crippen molar-refractivity contribution in [1.29, 1.82) is 0 Å². The van der Waals surface area contributed by atoms with Crippen LogP contribution < -0.4 is 5.63 Å². The molecular weight excluding hydrogens is 344 g/mol. The zero-order valence-corrected chi connectivity index (χ0v) is 15.9. The van der Waals surface area contributed by atoms with Gasteiger partial charge in [-0.3, -0.25) is 9.69 Å². The number of rotatable bonds is 3. The monoisotopic (exact) mass is 370 g/mol. The topological polar surface area (TPSA) is 63.0 Å². The normalized spacial score (nSPS) is 26.6.